The summed E-state index contributed by atoms with van der Waals surface area (Å²) in [6.45, 7) is 5.92. The highest BCUT2D eigenvalue weighted by atomic mass is 32.1. The van der Waals surface area contributed by atoms with Gasteiger partial charge in [0.2, 0.25) is 0 Å². The van der Waals surface area contributed by atoms with Crippen molar-refractivity contribution in [2.75, 3.05) is 0 Å². The van der Waals surface area contributed by atoms with Gasteiger partial charge in [0.1, 0.15) is 0 Å². The zero-order valence-electron chi connectivity index (χ0n) is 5.78. The van der Waals surface area contributed by atoms with Crippen molar-refractivity contribution in [2.24, 2.45) is 0 Å². The lowest BCUT2D eigenvalue weighted by atomic mass is 10.7. The first-order valence-corrected chi connectivity index (χ1v) is 2.25. The lowest BCUT2D eigenvalue weighted by Crippen LogP contribution is -1.82. The maximum atomic E-state index is 9.25. The number of hydrogen-bond donors (Lipinski definition) is 2. The molecule has 5 heteroatoms. The van der Waals surface area contributed by atoms with Crippen molar-refractivity contribution in [3.8, 4) is 0 Å². The Hall–Kier alpha value is -1.23. The highest BCUT2D eigenvalue weighted by molar-refractivity contribution is 7.59. The number of carboxylic acids is 2. The van der Waals surface area contributed by atoms with Gasteiger partial charge in [0.05, 0.1) is 0 Å². The zero-order valence-corrected chi connectivity index (χ0v) is 6.78. The average molecular weight is 178 g/mol. The third-order valence-electron chi connectivity index (χ3n) is 0.349. The molecule has 0 radical (unpaired) electrons. The Bertz CT molecular complexity index is 135. The van der Waals surface area contributed by atoms with E-state index in [1.165, 1.54) is 0 Å². The van der Waals surface area contributed by atoms with Crippen LogP contribution in [-0.2, 0) is 9.59 Å². The molecule has 0 rings (SSSR count). The summed E-state index contributed by atoms with van der Waals surface area (Å²) in [4.78, 5) is 18.5. The minimum atomic E-state index is -0.981. The van der Waals surface area contributed by atoms with Gasteiger partial charge in [-0.2, -0.15) is 13.5 Å². The van der Waals surface area contributed by atoms with Crippen molar-refractivity contribution in [3.05, 3.63) is 25.3 Å². The van der Waals surface area contributed by atoms with Crippen LogP contribution in [0.2, 0.25) is 0 Å². The molecule has 64 valence electrons. The summed E-state index contributed by atoms with van der Waals surface area (Å²) in [7, 11) is 0. The first-order valence-electron chi connectivity index (χ1n) is 2.25. The summed E-state index contributed by atoms with van der Waals surface area (Å²) in [5, 5.41) is 15.2. The van der Waals surface area contributed by atoms with Gasteiger partial charge in [-0.1, -0.05) is 13.2 Å². The molecule has 0 unspecified atom stereocenters. The molecule has 0 aliphatic carbocycles. The molecule has 0 atom stereocenters. The van der Waals surface area contributed by atoms with E-state index in [0.717, 1.165) is 12.2 Å². The van der Waals surface area contributed by atoms with Gasteiger partial charge in [0.15, 0.2) is 0 Å². The van der Waals surface area contributed by atoms with Crippen LogP contribution in [-0.4, -0.2) is 22.2 Å². The van der Waals surface area contributed by atoms with Crippen LogP contribution in [0.4, 0.5) is 0 Å². The van der Waals surface area contributed by atoms with Crippen molar-refractivity contribution in [1.82, 2.24) is 0 Å². The van der Waals surface area contributed by atoms with E-state index in [2.05, 4.69) is 13.2 Å². The minimum absolute atomic E-state index is 0. The predicted molar refractivity (Wildman–Crippen MR) is 46.0 cm³/mol. The molecule has 0 aliphatic rings. The van der Waals surface area contributed by atoms with Gasteiger partial charge in [-0.25, -0.2) is 9.59 Å². The van der Waals surface area contributed by atoms with Crippen LogP contribution < -0.4 is 0 Å². The van der Waals surface area contributed by atoms with E-state index in [9.17, 15) is 9.59 Å². The summed E-state index contributed by atoms with van der Waals surface area (Å²) in [6, 6.07) is 0. The predicted octanol–water partition coefficient (Wildman–Crippen LogP) is 0.627. The Morgan fingerprint density at radius 3 is 1.09 bits per heavy atom. The summed E-state index contributed by atoms with van der Waals surface area (Å²) in [5.74, 6) is -1.96. The number of rotatable bonds is 2. The normalized spacial score (nSPS) is 5.82. The molecular formula is C6H10O4S. The van der Waals surface area contributed by atoms with E-state index in [1.807, 2.05) is 0 Å². The zero-order chi connectivity index (χ0) is 8.57. The van der Waals surface area contributed by atoms with Gasteiger partial charge in [-0.15, -0.1) is 0 Å². The van der Waals surface area contributed by atoms with Crippen molar-refractivity contribution >= 4 is 25.4 Å². The third kappa shape index (κ3) is 52.4. The first kappa shape index (κ1) is 16.4. The van der Waals surface area contributed by atoms with Crippen LogP contribution in [0.5, 0.6) is 0 Å². The highest BCUT2D eigenvalue weighted by Gasteiger charge is 1.73. The van der Waals surface area contributed by atoms with Gasteiger partial charge < -0.3 is 10.2 Å². The number of hydrogen-bond acceptors (Lipinski definition) is 2. The Balaban J connectivity index is -0.000000107. The molecule has 0 spiro atoms. The monoisotopic (exact) mass is 178 g/mol. The molecule has 0 amide bonds. The van der Waals surface area contributed by atoms with Crippen molar-refractivity contribution in [1.29, 1.82) is 0 Å². The average Bonchev–Trinajstić information content (AvgIpc) is 1.89. The molecular weight excluding hydrogens is 168 g/mol. The molecule has 0 saturated heterocycles. The number of carboxylic acid groups (broad SMARTS) is 2. The van der Waals surface area contributed by atoms with E-state index in [4.69, 9.17) is 10.2 Å². The topological polar surface area (TPSA) is 74.6 Å². The summed E-state index contributed by atoms with van der Waals surface area (Å²) >= 11 is 0. The maximum absolute atomic E-state index is 9.25. The second-order valence-electron chi connectivity index (χ2n) is 1.08. The summed E-state index contributed by atoms with van der Waals surface area (Å²) in [6.07, 6.45) is 1.67. The maximum Gasteiger partial charge on any atom is 0.327 e. The lowest BCUT2D eigenvalue weighted by Gasteiger charge is -1.64. The van der Waals surface area contributed by atoms with Crippen LogP contribution in [0.25, 0.3) is 0 Å². The quantitative estimate of drug-likeness (QED) is 0.608. The molecule has 0 aromatic carbocycles. The van der Waals surface area contributed by atoms with Crippen LogP contribution >= 0.6 is 13.5 Å². The third-order valence-corrected chi connectivity index (χ3v) is 0.349. The fraction of sp³-hybridized carbons (Fsp3) is 0. The minimum Gasteiger partial charge on any atom is -0.478 e. The Morgan fingerprint density at radius 1 is 1.00 bits per heavy atom. The van der Waals surface area contributed by atoms with E-state index in [1.54, 1.807) is 0 Å². The van der Waals surface area contributed by atoms with Gasteiger partial charge in [-0.3, -0.25) is 0 Å². The fourth-order valence-corrected chi connectivity index (χ4v) is 0. The molecule has 0 aromatic heterocycles. The van der Waals surface area contributed by atoms with E-state index >= 15 is 0 Å². The van der Waals surface area contributed by atoms with Gasteiger partial charge in [-0.05, 0) is 0 Å². The van der Waals surface area contributed by atoms with Gasteiger partial charge >= 0.3 is 11.9 Å². The molecule has 11 heavy (non-hydrogen) atoms. The number of carbonyl (C=O) groups is 2. The Morgan fingerprint density at radius 2 is 1.09 bits per heavy atom. The lowest BCUT2D eigenvalue weighted by molar-refractivity contribution is -0.132. The molecule has 0 fully saturated rings. The Labute approximate surface area is 71.3 Å². The fourth-order valence-electron chi connectivity index (χ4n) is 0. The number of aliphatic carboxylic acids is 2. The SMILES string of the molecule is C=CC(=O)O.C=CC(=O)O.S. The molecule has 0 saturated carbocycles. The van der Waals surface area contributed by atoms with E-state index < -0.39 is 11.9 Å². The van der Waals surface area contributed by atoms with Crippen LogP contribution in [0.15, 0.2) is 25.3 Å². The largest absolute Gasteiger partial charge is 0.478 e. The molecule has 4 nitrogen and oxygen atoms in total. The van der Waals surface area contributed by atoms with Crippen LogP contribution in [0.1, 0.15) is 0 Å². The Kier molecular flexibility index (Phi) is 17.2. The van der Waals surface area contributed by atoms with Gasteiger partial charge in [0, 0.05) is 12.2 Å². The molecule has 0 heterocycles. The van der Waals surface area contributed by atoms with Crippen LogP contribution in [0.3, 0.4) is 0 Å². The van der Waals surface area contributed by atoms with E-state index in [-0.39, 0.29) is 13.5 Å². The molecule has 0 bridgehead atoms. The molecule has 0 aliphatic heterocycles. The highest BCUT2D eigenvalue weighted by Crippen LogP contribution is 1.55. The van der Waals surface area contributed by atoms with Crippen molar-refractivity contribution < 1.29 is 19.8 Å². The molecule has 2 N–H and O–H groups in total. The first-order chi connectivity index (χ1) is 4.54. The summed E-state index contributed by atoms with van der Waals surface area (Å²) < 4.78 is 0. The summed E-state index contributed by atoms with van der Waals surface area (Å²) in [5.41, 5.74) is 0. The van der Waals surface area contributed by atoms with Crippen molar-refractivity contribution in [2.45, 2.75) is 0 Å². The van der Waals surface area contributed by atoms with Crippen LogP contribution in [0, 0.1) is 0 Å². The smallest absolute Gasteiger partial charge is 0.327 e. The molecule has 0 aromatic rings. The van der Waals surface area contributed by atoms with E-state index in [0.29, 0.717) is 0 Å². The second kappa shape index (κ2) is 11.6. The van der Waals surface area contributed by atoms with Crippen molar-refractivity contribution in [3.63, 3.8) is 0 Å². The second-order valence-corrected chi connectivity index (χ2v) is 1.08. The van der Waals surface area contributed by atoms with Gasteiger partial charge in [0.25, 0.3) is 0 Å². The standard InChI is InChI=1S/2C3H4O2.H2S/c2*1-2-3(4)5;/h2*2H,1H2,(H,4,5);1H2.